The van der Waals surface area contributed by atoms with E-state index in [1.54, 1.807) is 0 Å². The van der Waals surface area contributed by atoms with Crippen molar-refractivity contribution in [3.05, 3.63) is 30.1 Å². The van der Waals surface area contributed by atoms with Crippen LogP contribution < -0.4 is 0 Å². The van der Waals surface area contributed by atoms with Crippen LogP contribution in [-0.4, -0.2) is 22.0 Å². The summed E-state index contributed by atoms with van der Waals surface area (Å²) in [6.07, 6.45) is 7.06. The molecule has 2 aliphatic heterocycles. The molecule has 2 saturated heterocycles. The average Bonchev–Trinajstić information content (AvgIpc) is 2.29. The zero-order valence-electron chi connectivity index (χ0n) is 9.26. The van der Waals surface area contributed by atoms with Crippen LogP contribution in [0.5, 0.6) is 0 Å². The smallest absolute Gasteiger partial charge is 0.110 e. The van der Waals surface area contributed by atoms with Crippen LogP contribution in [0.25, 0.3) is 0 Å². The molecule has 0 radical (unpaired) electrons. The van der Waals surface area contributed by atoms with Gasteiger partial charge in [-0.05, 0) is 42.9 Å². The topological polar surface area (TPSA) is 39.9 Å². The van der Waals surface area contributed by atoms with Gasteiger partial charge in [0.1, 0.15) is 5.54 Å². The molecule has 16 heavy (non-hydrogen) atoms. The number of hydrogen-bond donors (Lipinski definition) is 0. The molecular weight excluding hydrogens is 198 g/mol. The molecule has 4 rings (SSSR count). The van der Waals surface area contributed by atoms with Crippen molar-refractivity contribution in [1.82, 2.24) is 9.88 Å². The number of rotatable bonds is 2. The van der Waals surface area contributed by atoms with Crippen LogP contribution in [0.3, 0.4) is 0 Å². The molecule has 0 aromatic carbocycles. The highest BCUT2D eigenvalue weighted by Crippen LogP contribution is 2.48. The van der Waals surface area contributed by atoms with Crippen molar-refractivity contribution in [2.24, 2.45) is 5.92 Å². The third kappa shape index (κ3) is 1.42. The molecule has 0 spiro atoms. The van der Waals surface area contributed by atoms with Gasteiger partial charge in [0, 0.05) is 25.5 Å². The highest BCUT2D eigenvalue weighted by atomic mass is 15.2. The van der Waals surface area contributed by atoms with Gasteiger partial charge in [0.2, 0.25) is 0 Å². The third-order valence-electron chi connectivity index (χ3n) is 4.00. The monoisotopic (exact) mass is 213 g/mol. The molecule has 1 aliphatic carbocycles. The fraction of sp³-hybridized carbons (Fsp3) is 0.538. The Kier molecular flexibility index (Phi) is 2.19. The Morgan fingerprint density at radius 1 is 1.44 bits per heavy atom. The van der Waals surface area contributed by atoms with E-state index in [1.807, 2.05) is 24.5 Å². The molecule has 2 bridgehead atoms. The van der Waals surface area contributed by atoms with Crippen molar-refractivity contribution in [2.75, 3.05) is 6.54 Å². The first-order chi connectivity index (χ1) is 7.82. The standard InChI is InChI=1S/C13H15N3/c14-10-13-7-12(8-13)3-6-16(13)9-11-1-4-15-5-2-11/h1-2,4-5,12H,3,6-9H2. The van der Waals surface area contributed by atoms with E-state index in [0.717, 1.165) is 31.8 Å². The number of piperidine rings is 2. The van der Waals surface area contributed by atoms with E-state index in [4.69, 9.17) is 0 Å². The second-order valence-electron chi connectivity index (χ2n) is 4.98. The van der Waals surface area contributed by atoms with Gasteiger partial charge in [0.05, 0.1) is 6.07 Å². The lowest BCUT2D eigenvalue weighted by Gasteiger charge is -2.55. The normalized spacial score (nSPS) is 32.8. The summed E-state index contributed by atoms with van der Waals surface area (Å²) in [7, 11) is 0. The molecule has 3 heterocycles. The zero-order chi connectivity index (χ0) is 11.0. The molecule has 0 amide bonds. The molecule has 1 aromatic rings. The van der Waals surface area contributed by atoms with Crippen LogP contribution in [0, 0.1) is 17.2 Å². The predicted octanol–water partition coefficient (Wildman–Crippen LogP) is 1.96. The lowest BCUT2D eigenvalue weighted by molar-refractivity contribution is -0.0431. The first-order valence-electron chi connectivity index (χ1n) is 5.88. The molecule has 0 N–H and O–H groups in total. The van der Waals surface area contributed by atoms with E-state index < -0.39 is 0 Å². The quantitative estimate of drug-likeness (QED) is 0.754. The minimum absolute atomic E-state index is 0.147. The molecule has 3 aliphatic rings. The van der Waals surface area contributed by atoms with Gasteiger partial charge in [-0.1, -0.05) is 0 Å². The molecule has 82 valence electrons. The van der Waals surface area contributed by atoms with Crippen molar-refractivity contribution in [1.29, 1.82) is 5.26 Å². The molecule has 3 heteroatoms. The van der Waals surface area contributed by atoms with Gasteiger partial charge in [0.25, 0.3) is 0 Å². The lowest BCUT2D eigenvalue weighted by Crippen LogP contribution is -2.61. The van der Waals surface area contributed by atoms with Crippen LogP contribution in [0.4, 0.5) is 0 Å². The SMILES string of the molecule is N#CC12CC(CCN1Cc1ccncc1)C2. The molecule has 1 saturated carbocycles. The second kappa shape index (κ2) is 3.57. The maximum atomic E-state index is 9.33. The highest BCUT2D eigenvalue weighted by molar-refractivity contribution is 5.21. The summed E-state index contributed by atoms with van der Waals surface area (Å²) >= 11 is 0. The van der Waals surface area contributed by atoms with Gasteiger partial charge >= 0.3 is 0 Å². The Bertz CT molecular complexity index is 415. The van der Waals surface area contributed by atoms with Gasteiger partial charge in [-0.15, -0.1) is 0 Å². The fourth-order valence-electron chi connectivity index (χ4n) is 3.01. The van der Waals surface area contributed by atoms with Crippen LogP contribution in [0.2, 0.25) is 0 Å². The number of aromatic nitrogens is 1. The maximum absolute atomic E-state index is 9.33. The maximum Gasteiger partial charge on any atom is 0.110 e. The van der Waals surface area contributed by atoms with Gasteiger partial charge in [0.15, 0.2) is 0 Å². The number of nitriles is 1. The van der Waals surface area contributed by atoms with Crippen molar-refractivity contribution < 1.29 is 0 Å². The first-order valence-corrected chi connectivity index (χ1v) is 5.88. The molecular formula is C13H15N3. The summed E-state index contributed by atoms with van der Waals surface area (Å²) in [5.74, 6) is 0.813. The van der Waals surface area contributed by atoms with E-state index in [1.165, 1.54) is 12.0 Å². The van der Waals surface area contributed by atoms with Crippen molar-refractivity contribution in [2.45, 2.75) is 31.3 Å². The number of fused-ring (bicyclic) bond motifs is 2. The number of hydrogen-bond acceptors (Lipinski definition) is 3. The van der Waals surface area contributed by atoms with Crippen LogP contribution in [0.15, 0.2) is 24.5 Å². The summed E-state index contributed by atoms with van der Waals surface area (Å²) in [4.78, 5) is 6.37. The third-order valence-corrected chi connectivity index (χ3v) is 4.00. The summed E-state index contributed by atoms with van der Waals surface area (Å²) in [6, 6.07) is 6.60. The Morgan fingerprint density at radius 2 is 2.19 bits per heavy atom. The Labute approximate surface area is 95.7 Å². The van der Waals surface area contributed by atoms with Crippen LogP contribution in [-0.2, 0) is 6.54 Å². The number of nitrogens with zero attached hydrogens (tertiary/aromatic N) is 3. The molecule has 3 fully saturated rings. The Hall–Kier alpha value is -1.40. The minimum Gasteiger partial charge on any atom is -0.281 e. The highest BCUT2D eigenvalue weighted by Gasteiger charge is 2.52. The summed E-state index contributed by atoms with van der Waals surface area (Å²) in [5, 5.41) is 9.33. The van der Waals surface area contributed by atoms with E-state index in [0.29, 0.717) is 0 Å². The van der Waals surface area contributed by atoms with E-state index in [9.17, 15) is 5.26 Å². The number of pyridine rings is 1. The van der Waals surface area contributed by atoms with Crippen molar-refractivity contribution >= 4 is 0 Å². The van der Waals surface area contributed by atoms with Crippen LogP contribution >= 0.6 is 0 Å². The molecule has 3 nitrogen and oxygen atoms in total. The predicted molar refractivity (Wildman–Crippen MR) is 60.3 cm³/mol. The van der Waals surface area contributed by atoms with Crippen molar-refractivity contribution in [3.63, 3.8) is 0 Å². The molecule has 1 aromatic heterocycles. The van der Waals surface area contributed by atoms with E-state index >= 15 is 0 Å². The molecule has 0 unspecified atom stereocenters. The van der Waals surface area contributed by atoms with E-state index in [-0.39, 0.29) is 5.54 Å². The summed E-state index contributed by atoms with van der Waals surface area (Å²) in [5.41, 5.74) is 1.11. The van der Waals surface area contributed by atoms with Gasteiger partial charge in [-0.3, -0.25) is 9.88 Å². The van der Waals surface area contributed by atoms with Gasteiger partial charge in [-0.25, -0.2) is 0 Å². The fourth-order valence-corrected chi connectivity index (χ4v) is 3.01. The Balaban J connectivity index is 1.77. The lowest BCUT2D eigenvalue weighted by atomic mass is 9.63. The van der Waals surface area contributed by atoms with Gasteiger partial charge < -0.3 is 0 Å². The zero-order valence-corrected chi connectivity index (χ0v) is 9.26. The minimum atomic E-state index is -0.147. The Morgan fingerprint density at radius 3 is 2.88 bits per heavy atom. The van der Waals surface area contributed by atoms with E-state index in [2.05, 4.69) is 16.0 Å². The molecule has 0 atom stereocenters. The van der Waals surface area contributed by atoms with Gasteiger partial charge in [-0.2, -0.15) is 5.26 Å². The van der Waals surface area contributed by atoms with Crippen molar-refractivity contribution in [3.8, 4) is 6.07 Å². The average molecular weight is 213 g/mol. The van der Waals surface area contributed by atoms with Crippen LogP contribution in [0.1, 0.15) is 24.8 Å². The summed E-state index contributed by atoms with van der Waals surface area (Å²) < 4.78 is 0. The first kappa shape index (κ1) is 9.80. The summed E-state index contributed by atoms with van der Waals surface area (Å²) in [6.45, 7) is 1.96. The second-order valence-corrected chi connectivity index (χ2v) is 4.98. The largest absolute Gasteiger partial charge is 0.281 e.